The number of allylic oxidation sites excluding steroid dienone is 2. The van der Waals surface area contributed by atoms with Crippen LogP contribution in [0.5, 0.6) is 0 Å². The smallest absolute Gasteiger partial charge is 0.225 e. The summed E-state index contributed by atoms with van der Waals surface area (Å²) in [6.45, 7) is 11.2. The van der Waals surface area contributed by atoms with Crippen LogP contribution >= 0.6 is 0 Å². The predicted octanol–water partition coefficient (Wildman–Crippen LogP) is 3.78. The Morgan fingerprint density at radius 3 is 2.60 bits per heavy atom. The Labute approximate surface area is 150 Å². The van der Waals surface area contributed by atoms with Crippen molar-refractivity contribution in [3.05, 3.63) is 59.3 Å². The van der Waals surface area contributed by atoms with Crippen LogP contribution in [0.25, 0.3) is 0 Å². The maximum atomic E-state index is 11.9. The number of aliphatic imine (C=N–C) groups is 1. The predicted molar refractivity (Wildman–Crippen MR) is 103 cm³/mol. The molecule has 1 amide bonds. The quantitative estimate of drug-likeness (QED) is 0.423. The molecule has 0 aliphatic rings. The first kappa shape index (κ1) is 20.4. The molecular weight excluding hydrogens is 312 g/mol. The minimum atomic E-state index is -0.0789. The number of nitrogens with zero attached hydrogens (tertiary/aromatic N) is 1. The molecule has 0 fully saturated rings. The first-order valence-corrected chi connectivity index (χ1v) is 8.30. The number of carbonyl (C=O) groups excluding carboxylic acids is 1. The van der Waals surface area contributed by atoms with Crippen LogP contribution in [0, 0.1) is 11.8 Å². The molecule has 0 saturated heterocycles. The maximum Gasteiger partial charge on any atom is 0.225 e. The molecule has 0 aliphatic heterocycles. The van der Waals surface area contributed by atoms with Crippen LogP contribution in [0.15, 0.2) is 53.2 Å². The lowest BCUT2D eigenvalue weighted by molar-refractivity contribution is -0.120. The van der Waals surface area contributed by atoms with E-state index in [-0.39, 0.29) is 12.3 Å². The van der Waals surface area contributed by atoms with Crippen molar-refractivity contribution in [3.8, 4) is 11.8 Å². The van der Waals surface area contributed by atoms with Gasteiger partial charge in [0, 0.05) is 25.4 Å². The van der Waals surface area contributed by atoms with Gasteiger partial charge in [-0.05, 0) is 37.5 Å². The van der Waals surface area contributed by atoms with Gasteiger partial charge in [-0.2, -0.15) is 0 Å². The molecule has 1 aromatic carbocycles. The minimum absolute atomic E-state index is 0.0789. The lowest BCUT2D eigenvalue weighted by Crippen LogP contribution is -2.22. The molecule has 0 atom stereocenters. The van der Waals surface area contributed by atoms with Crippen molar-refractivity contribution in [3.63, 3.8) is 0 Å². The van der Waals surface area contributed by atoms with Crippen LogP contribution in [0.4, 0.5) is 0 Å². The molecule has 1 N–H and O–H groups in total. The minimum Gasteiger partial charge on any atom is -0.377 e. The Bertz CT molecular complexity index is 689. The van der Waals surface area contributed by atoms with Gasteiger partial charge >= 0.3 is 0 Å². The van der Waals surface area contributed by atoms with Crippen molar-refractivity contribution >= 4 is 12.1 Å². The number of rotatable bonds is 9. The lowest BCUT2D eigenvalue weighted by Gasteiger charge is -2.06. The van der Waals surface area contributed by atoms with Gasteiger partial charge in [0.2, 0.25) is 5.91 Å². The van der Waals surface area contributed by atoms with Gasteiger partial charge in [-0.1, -0.05) is 36.8 Å². The van der Waals surface area contributed by atoms with E-state index in [0.717, 1.165) is 16.7 Å². The zero-order valence-corrected chi connectivity index (χ0v) is 15.3. The highest BCUT2D eigenvalue weighted by molar-refractivity contribution is 5.90. The third kappa shape index (κ3) is 8.69. The molecule has 0 aliphatic carbocycles. The zero-order chi connectivity index (χ0) is 18.5. The van der Waals surface area contributed by atoms with E-state index < -0.39 is 0 Å². The third-order valence-electron chi connectivity index (χ3n) is 3.28. The largest absolute Gasteiger partial charge is 0.377 e. The molecule has 1 rings (SSSR count). The van der Waals surface area contributed by atoms with Gasteiger partial charge in [0.25, 0.3) is 0 Å². The summed E-state index contributed by atoms with van der Waals surface area (Å²) in [6.07, 6.45) is 3.49. The third-order valence-corrected chi connectivity index (χ3v) is 3.28. The summed E-state index contributed by atoms with van der Waals surface area (Å²) < 4.78 is 5.36. The van der Waals surface area contributed by atoms with E-state index in [1.165, 1.54) is 0 Å². The van der Waals surface area contributed by atoms with E-state index >= 15 is 0 Å². The van der Waals surface area contributed by atoms with Crippen LogP contribution in [0.1, 0.15) is 38.3 Å². The Morgan fingerprint density at radius 1 is 1.32 bits per heavy atom. The molecule has 4 nitrogen and oxygen atoms in total. The van der Waals surface area contributed by atoms with Crippen LogP contribution in [-0.4, -0.2) is 18.7 Å². The van der Waals surface area contributed by atoms with Crippen molar-refractivity contribution in [2.45, 2.75) is 40.3 Å². The summed E-state index contributed by atoms with van der Waals surface area (Å²) in [5, 5.41) is 2.88. The van der Waals surface area contributed by atoms with Gasteiger partial charge in [0.05, 0.1) is 18.7 Å². The summed E-state index contributed by atoms with van der Waals surface area (Å²) in [5.74, 6) is 5.53. The molecule has 4 heteroatoms. The number of ether oxygens (including phenoxy) is 1. The number of nitrogens with one attached hydrogen (secondary N) is 1. The Balaban J connectivity index is 2.45. The van der Waals surface area contributed by atoms with Crippen molar-refractivity contribution in [1.82, 2.24) is 5.32 Å². The highest BCUT2D eigenvalue weighted by Crippen LogP contribution is 2.07. The Morgan fingerprint density at radius 2 is 2.00 bits per heavy atom. The monoisotopic (exact) mass is 338 g/mol. The number of benzene rings is 1. The van der Waals surface area contributed by atoms with Gasteiger partial charge in [0.15, 0.2) is 0 Å². The van der Waals surface area contributed by atoms with Crippen LogP contribution in [0.2, 0.25) is 0 Å². The van der Waals surface area contributed by atoms with Gasteiger partial charge < -0.3 is 10.1 Å². The standard InChI is InChI=1S/C21H26N2O2/c1-5-7-8-20(17(3)4)22-14-13-21(24)23-15-18-9-11-19(12-10-18)16-25-6-2/h8-12,14H,3,6,13,15-16H2,1-2,4H3,(H,23,24)/b20-8-,22-14?. The van der Waals surface area contributed by atoms with E-state index in [1.807, 2.05) is 38.1 Å². The second-order valence-electron chi connectivity index (χ2n) is 5.45. The van der Waals surface area contributed by atoms with E-state index in [2.05, 4.69) is 28.7 Å². The molecular formula is C21H26N2O2. The van der Waals surface area contributed by atoms with Crippen LogP contribution in [0.3, 0.4) is 0 Å². The van der Waals surface area contributed by atoms with E-state index in [0.29, 0.717) is 25.5 Å². The normalized spacial score (nSPS) is 11.1. The number of hydrogen-bond donors (Lipinski definition) is 1. The average molecular weight is 338 g/mol. The second-order valence-corrected chi connectivity index (χ2v) is 5.45. The first-order chi connectivity index (χ1) is 12.1. The summed E-state index contributed by atoms with van der Waals surface area (Å²) >= 11 is 0. The highest BCUT2D eigenvalue weighted by atomic mass is 16.5. The van der Waals surface area contributed by atoms with Gasteiger partial charge in [-0.15, -0.1) is 5.92 Å². The summed E-state index contributed by atoms with van der Waals surface area (Å²) in [6, 6.07) is 8.01. The van der Waals surface area contributed by atoms with Gasteiger partial charge in [0.1, 0.15) is 0 Å². The molecule has 0 unspecified atom stereocenters. The molecule has 0 aromatic heterocycles. The van der Waals surface area contributed by atoms with E-state index in [4.69, 9.17) is 4.74 Å². The van der Waals surface area contributed by atoms with Crippen molar-refractivity contribution in [2.24, 2.45) is 4.99 Å². The van der Waals surface area contributed by atoms with Crippen molar-refractivity contribution in [2.75, 3.05) is 6.61 Å². The Kier molecular flexibility index (Phi) is 9.65. The fourth-order valence-electron chi connectivity index (χ4n) is 1.88. The molecule has 0 heterocycles. The van der Waals surface area contributed by atoms with Crippen molar-refractivity contribution < 1.29 is 9.53 Å². The fraction of sp³-hybridized carbons (Fsp3) is 0.333. The molecule has 0 saturated carbocycles. The number of amides is 1. The SMILES string of the molecule is C=C(C)/C(=C/C#CC)N=CCC(=O)NCc1ccc(COCC)cc1. The average Bonchev–Trinajstić information content (AvgIpc) is 2.61. The Hall–Kier alpha value is -2.64. The molecule has 25 heavy (non-hydrogen) atoms. The highest BCUT2D eigenvalue weighted by Gasteiger charge is 2.01. The molecule has 0 bridgehead atoms. The van der Waals surface area contributed by atoms with E-state index in [1.54, 1.807) is 19.2 Å². The molecule has 0 spiro atoms. The van der Waals surface area contributed by atoms with Crippen molar-refractivity contribution in [1.29, 1.82) is 0 Å². The second kappa shape index (κ2) is 11.8. The van der Waals surface area contributed by atoms with Crippen LogP contribution in [-0.2, 0) is 22.7 Å². The molecule has 0 radical (unpaired) electrons. The summed E-state index contributed by atoms with van der Waals surface area (Å²) in [7, 11) is 0. The number of carbonyl (C=O) groups is 1. The van der Waals surface area contributed by atoms with Gasteiger partial charge in [-0.3, -0.25) is 9.79 Å². The summed E-state index contributed by atoms with van der Waals surface area (Å²) in [4.78, 5) is 16.2. The lowest BCUT2D eigenvalue weighted by atomic mass is 10.1. The molecule has 1 aromatic rings. The number of hydrogen-bond acceptors (Lipinski definition) is 3. The zero-order valence-electron chi connectivity index (χ0n) is 15.3. The van der Waals surface area contributed by atoms with Crippen LogP contribution < -0.4 is 5.32 Å². The molecule has 132 valence electrons. The topological polar surface area (TPSA) is 50.7 Å². The first-order valence-electron chi connectivity index (χ1n) is 8.30. The van der Waals surface area contributed by atoms with Gasteiger partial charge in [-0.25, -0.2) is 0 Å². The van der Waals surface area contributed by atoms with E-state index in [9.17, 15) is 4.79 Å². The maximum absolute atomic E-state index is 11.9. The fourth-order valence-corrected chi connectivity index (χ4v) is 1.88. The summed E-state index contributed by atoms with van der Waals surface area (Å²) in [5.41, 5.74) is 3.67.